The highest BCUT2D eigenvalue weighted by molar-refractivity contribution is 7.89. The molecule has 0 radical (unpaired) electrons. The standard InChI is InChI=1S/C17H24N2O6S/c1-12(17(21)22)18-16(20)13-7-8-14(25-2)15(11-13)26(23,24)19-9-5-3-4-6-10-19/h7-8,11-12H,3-6,9-10H2,1-2H3,(H,18,20)(H,21,22)/t12-/m1/s1. The first-order valence-corrected chi connectivity index (χ1v) is 9.93. The van der Waals surface area contributed by atoms with Crippen LogP contribution in [0.15, 0.2) is 23.1 Å². The van der Waals surface area contributed by atoms with E-state index in [4.69, 9.17) is 9.84 Å². The lowest BCUT2D eigenvalue weighted by atomic mass is 10.2. The van der Waals surface area contributed by atoms with Gasteiger partial charge in [-0.05, 0) is 38.0 Å². The molecular formula is C17H24N2O6S. The average Bonchev–Trinajstić information content (AvgIpc) is 2.90. The van der Waals surface area contributed by atoms with Crippen LogP contribution in [-0.4, -0.2) is 55.9 Å². The molecule has 1 aromatic carbocycles. The van der Waals surface area contributed by atoms with Gasteiger partial charge in [0.05, 0.1) is 7.11 Å². The predicted octanol–water partition coefficient (Wildman–Crippen LogP) is 1.46. The summed E-state index contributed by atoms with van der Waals surface area (Å²) < 4.78 is 32.7. The maximum atomic E-state index is 13.0. The van der Waals surface area contributed by atoms with Gasteiger partial charge in [0.1, 0.15) is 16.7 Å². The molecule has 1 fully saturated rings. The summed E-state index contributed by atoms with van der Waals surface area (Å²) in [5.74, 6) is -1.68. The molecule has 2 rings (SSSR count). The molecule has 9 heteroatoms. The molecule has 0 unspecified atom stereocenters. The fraction of sp³-hybridized carbons (Fsp3) is 0.529. The first-order chi connectivity index (χ1) is 12.3. The van der Waals surface area contributed by atoms with Crippen LogP contribution in [0.1, 0.15) is 43.0 Å². The third kappa shape index (κ3) is 4.53. The Bertz CT molecular complexity index is 769. The molecule has 144 valence electrons. The van der Waals surface area contributed by atoms with Crippen LogP contribution in [0, 0.1) is 0 Å². The monoisotopic (exact) mass is 384 g/mol. The molecular weight excluding hydrogens is 360 g/mol. The number of carboxylic acids is 1. The van der Waals surface area contributed by atoms with Crippen molar-refractivity contribution in [3.8, 4) is 5.75 Å². The second kappa shape index (κ2) is 8.50. The van der Waals surface area contributed by atoms with Gasteiger partial charge in [-0.2, -0.15) is 4.31 Å². The minimum Gasteiger partial charge on any atom is -0.495 e. The second-order valence-electron chi connectivity index (χ2n) is 6.22. The molecule has 26 heavy (non-hydrogen) atoms. The van der Waals surface area contributed by atoms with Gasteiger partial charge in [-0.1, -0.05) is 12.8 Å². The summed E-state index contributed by atoms with van der Waals surface area (Å²) >= 11 is 0. The molecule has 1 aliphatic rings. The Morgan fingerprint density at radius 2 is 1.81 bits per heavy atom. The Morgan fingerprint density at radius 1 is 1.19 bits per heavy atom. The number of rotatable bonds is 6. The largest absolute Gasteiger partial charge is 0.495 e. The van der Waals surface area contributed by atoms with Crippen LogP contribution in [0.3, 0.4) is 0 Å². The topological polar surface area (TPSA) is 113 Å². The van der Waals surface area contributed by atoms with Crippen molar-refractivity contribution in [1.29, 1.82) is 0 Å². The van der Waals surface area contributed by atoms with Gasteiger partial charge < -0.3 is 15.2 Å². The number of hydrogen-bond acceptors (Lipinski definition) is 5. The summed E-state index contributed by atoms with van der Waals surface area (Å²) in [6, 6.07) is 2.97. The molecule has 0 spiro atoms. The van der Waals surface area contributed by atoms with Crippen molar-refractivity contribution < 1.29 is 27.9 Å². The van der Waals surface area contributed by atoms with Gasteiger partial charge in [0, 0.05) is 18.7 Å². The quantitative estimate of drug-likeness (QED) is 0.768. The van der Waals surface area contributed by atoms with Crippen molar-refractivity contribution in [2.75, 3.05) is 20.2 Å². The van der Waals surface area contributed by atoms with Gasteiger partial charge in [0.25, 0.3) is 5.91 Å². The lowest BCUT2D eigenvalue weighted by Gasteiger charge is -2.21. The maximum Gasteiger partial charge on any atom is 0.325 e. The number of amides is 1. The third-order valence-electron chi connectivity index (χ3n) is 4.33. The van der Waals surface area contributed by atoms with E-state index in [-0.39, 0.29) is 16.2 Å². The first-order valence-electron chi connectivity index (χ1n) is 8.49. The highest BCUT2D eigenvalue weighted by atomic mass is 32.2. The number of nitrogens with one attached hydrogen (secondary N) is 1. The lowest BCUT2D eigenvalue weighted by molar-refractivity contribution is -0.138. The first kappa shape index (κ1) is 20.2. The molecule has 1 amide bonds. The van der Waals surface area contributed by atoms with Crippen LogP contribution >= 0.6 is 0 Å². The summed E-state index contributed by atoms with van der Waals surface area (Å²) in [6.45, 7) is 2.19. The zero-order valence-corrected chi connectivity index (χ0v) is 15.7. The van der Waals surface area contributed by atoms with Crippen molar-refractivity contribution in [2.45, 2.75) is 43.5 Å². The second-order valence-corrected chi connectivity index (χ2v) is 8.12. The Balaban J connectivity index is 2.37. The molecule has 0 aromatic heterocycles. The predicted molar refractivity (Wildman–Crippen MR) is 94.8 cm³/mol. The van der Waals surface area contributed by atoms with Gasteiger partial charge >= 0.3 is 5.97 Å². The minimum atomic E-state index is -3.82. The third-order valence-corrected chi connectivity index (χ3v) is 6.25. The van der Waals surface area contributed by atoms with E-state index < -0.39 is 27.9 Å². The molecule has 1 aliphatic heterocycles. The Kier molecular flexibility index (Phi) is 6.60. The van der Waals surface area contributed by atoms with Crippen molar-refractivity contribution in [2.24, 2.45) is 0 Å². The number of sulfonamides is 1. The SMILES string of the molecule is COc1ccc(C(=O)N[C@H](C)C(=O)O)cc1S(=O)(=O)N1CCCCCC1. The van der Waals surface area contributed by atoms with E-state index in [1.165, 1.54) is 36.5 Å². The Hall–Kier alpha value is -2.13. The fourth-order valence-corrected chi connectivity index (χ4v) is 4.48. The minimum absolute atomic E-state index is 0.0623. The molecule has 0 aliphatic carbocycles. The van der Waals surface area contributed by atoms with Crippen molar-refractivity contribution >= 4 is 21.9 Å². The number of hydrogen-bond donors (Lipinski definition) is 2. The summed E-state index contributed by atoms with van der Waals surface area (Å²) in [5.41, 5.74) is 0.0623. The van der Waals surface area contributed by atoms with Crippen LogP contribution < -0.4 is 10.1 Å². The highest BCUT2D eigenvalue weighted by Gasteiger charge is 2.29. The number of carbonyl (C=O) groups is 2. The van der Waals surface area contributed by atoms with Crippen molar-refractivity contribution in [3.63, 3.8) is 0 Å². The number of carboxylic acid groups (broad SMARTS) is 1. The molecule has 0 saturated carbocycles. The van der Waals surface area contributed by atoms with Crippen LogP contribution in [0.5, 0.6) is 5.75 Å². The molecule has 1 atom stereocenters. The summed E-state index contributed by atoms with van der Waals surface area (Å²) in [7, 11) is -2.45. The highest BCUT2D eigenvalue weighted by Crippen LogP contribution is 2.29. The van der Waals surface area contributed by atoms with Crippen molar-refractivity contribution in [1.82, 2.24) is 9.62 Å². The maximum absolute atomic E-state index is 13.0. The van der Waals surface area contributed by atoms with Gasteiger partial charge in [-0.15, -0.1) is 0 Å². The van der Waals surface area contributed by atoms with E-state index in [2.05, 4.69) is 5.32 Å². The van der Waals surface area contributed by atoms with E-state index in [1.54, 1.807) is 0 Å². The van der Waals surface area contributed by atoms with E-state index in [0.29, 0.717) is 13.1 Å². The van der Waals surface area contributed by atoms with Gasteiger partial charge in [0.15, 0.2) is 0 Å². The summed E-state index contributed by atoms with van der Waals surface area (Å²) in [4.78, 5) is 23.1. The molecule has 1 aromatic rings. The van der Waals surface area contributed by atoms with Gasteiger partial charge in [0.2, 0.25) is 10.0 Å². The summed E-state index contributed by atoms with van der Waals surface area (Å²) in [5, 5.41) is 11.2. The molecule has 1 saturated heterocycles. The number of carbonyl (C=O) groups excluding carboxylic acids is 1. The Morgan fingerprint density at radius 3 is 2.35 bits per heavy atom. The van der Waals surface area contributed by atoms with Crippen LogP contribution in [0.4, 0.5) is 0 Å². The van der Waals surface area contributed by atoms with Crippen LogP contribution in [0.25, 0.3) is 0 Å². The molecule has 1 heterocycles. The smallest absolute Gasteiger partial charge is 0.325 e. The fourth-order valence-electron chi connectivity index (χ4n) is 2.78. The molecule has 2 N–H and O–H groups in total. The van der Waals surface area contributed by atoms with E-state index in [9.17, 15) is 18.0 Å². The zero-order chi connectivity index (χ0) is 19.3. The number of aliphatic carboxylic acids is 1. The van der Waals surface area contributed by atoms with Crippen LogP contribution in [0.2, 0.25) is 0 Å². The Labute approximate surface area is 153 Å². The zero-order valence-electron chi connectivity index (χ0n) is 14.9. The van der Waals surface area contributed by atoms with E-state index in [0.717, 1.165) is 25.7 Å². The van der Waals surface area contributed by atoms with Gasteiger partial charge in [-0.3, -0.25) is 9.59 Å². The average molecular weight is 384 g/mol. The van der Waals surface area contributed by atoms with Crippen molar-refractivity contribution in [3.05, 3.63) is 23.8 Å². The van der Waals surface area contributed by atoms with Crippen LogP contribution in [-0.2, 0) is 14.8 Å². The molecule has 8 nitrogen and oxygen atoms in total. The van der Waals surface area contributed by atoms with E-state index in [1.807, 2.05) is 0 Å². The number of nitrogens with zero attached hydrogens (tertiary/aromatic N) is 1. The normalized spacial score (nSPS) is 17.2. The number of ether oxygens (including phenoxy) is 1. The summed E-state index contributed by atoms with van der Waals surface area (Å²) in [6.07, 6.45) is 3.55. The molecule has 0 bridgehead atoms. The lowest BCUT2D eigenvalue weighted by Crippen LogP contribution is -2.38. The number of benzene rings is 1. The number of methoxy groups -OCH3 is 1. The van der Waals surface area contributed by atoms with Gasteiger partial charge in [-0.25, -0.2) is 8.42 Å². The van der Waals surface area contributed by atoms with E-state index >= 15 is 0 Å².